The molecule has 0 atom stereocenters. The average molecular weight is 296 g/mol. The van der Waals surface area contributed by atoms with Gasteiger partial charge in [-0.05, 0) is 49.3 Å². The van der Waals surface area contributed by atoms with Crippen molar-refractivity contribution in [2.24, 2.45) is 5.92 Å². The molecule has 0 unspecified atom stereocenters. The molecule has 5 heteroatoms. The molecular formula is C15H24N2O2S. The van der Waals surface area contributed by atoms with Crippen LogP contribution in [0.3, 0.4) is 0 Å². The first-order chi connectivity index (χ1) is 9.51. The summed E-state index contributed by atoms with van der Waals surface area (Å²) in [4.78, 5) is 0. The van der Waals surface area contributed by atoms with E-state index in [-0.39, 0.29) is 5.75 Å². The van der Waals surface area contributed by atoms with E-state index in [0.29, 0.717) is 25.4 Å². The first-order valence-electron chi connectivity index (χ1n) is 7.33. The predicted molar refractivity (Wildman–Crippen MR) is 82.9 cm³/mol. The first kappa shape index (κ1) is 15.3. The van der Waals surface area contributed by atoms with Gasteiger partial charge in [-0.3, -0.25) is 0 Å². The number of hydrogen-bond acceptors (Lipinski definition) is 3. The van der Waals surface area contributed by atoms with E-state index in [9.17, 15) is 8.42 Å². The number of piperidine rings is 1. The molecule has 2 N–H and O–H groups in total. The standard InChI is InChI=1S/C15H24N2O2S/c1-2-11-20(18,19)17-9-7-14(8-10-17)12-13-3-5-15(16)6-4-13/h3-6,14H,2,7-12,16H2,1H3. The minimum Gasteiger partial charge on any atom is -0.399 e. The maximum absolute atomic E-state index is 12.0. The average Bonchev–Trinajstić information content (AvgIpc) is 2.42. The Bertz CT molecular complexity index is 517. The molecule has 0 spiro atoms. The zero-order valence-corrected chi connectivity index (χ0v) is 12.9. The summed E-state index contributed by atoms with van der Waals surface area (Å²) in [5, 5.41) is 0. The lowest BCUT2D eigenvalue weighted by Crippen LogP contribution is -2.40. The van der Waals surface area contributed by atoms with Gasteiger partial charge in [0, 0.05) is 18.8 Å². The van der Waals surface area contributed by atoms with E-state index < -0.39 is 10.0 Å². The monoisotopic (exact) mass is 296 g/mol. The van der Waals surface area contributed by atoms with E-state index in [1.54, 1.807) is 4.31 Å². The molecule has 1 aromatic carbocycles. The largest absolute Gasteiger partial charge is 0.399 e. The van der Waals surface area contributed by atoms with E-state index in [2.05, 4.69) is 12.1 Å². The summed E-state index contributed by atoms with van der Waals surface area (Å²) in [7, 11) is -3.02. The predicted octanol–water partition coefficient (Wildman–Crippen LogP) is 2.26. The van der Waals surface area contributed by atoms with Crippen LogP contribution in [-0.2, 0) is 16.4 Å². The Kier molecular flexibility index (Phi) is 5.05. The molecule has 0 aromatic heterocycles. The van der Waals surface area contributed by atoms with Gasteiger partial charge in [-0.15, -0.1) is 0 Å². The van der Waals surface area contributed by atoms with E-state index in [0.717, 1.165) is 24.9 Å². The Hall–Kier alpha value is -1.07. The van der Waals surface area contributed by atoms with Gasteiger partial charge in [0.1, 0.15) is 0 Å². The number of benzene rings is 1. The third kappa shape index (κ3) is 3.96. The molecule has 2 rings (SSSR count). The molecular weight excluding hydrogens is 272 g/mol. The van der Waals surface area contributed by atoms with Crippen LogP contribution < -0.4 is 5.73 Å². The van der Waals surface area contributed by atoms with Crippen molar-refractivity contribution in [3.63, 3.8) is 0 Å². The van der Waals surface area contributed by atoms with Crippen molar-refractivity contribution in [1.29, 1.82) is 0 Å². The molecule has 1 aliphatic heterocycles. The zero-order chi connectivity index (χ0) is 14.6. The van der Waals surface area contributed by atoms with Crippen molar-refractivity contribution < 1.29 is 8.42 Å². The normalized spacial score (nSPS) is 18.2. The molecule has 1 heterocycles. The van der Waals surface area contributed by atoms with Gasteiger partial charge in [0.2, 0.25) is 10.0 Å². The molecule has 0 saturated carbocycles. The lowest BCUT2D eigenvalue weighted by molar-refractivity contribution is 0.273. The third-order valence-electron chi connectivity index (χ3n) is 3.93. The minimum absolute atomic E-state index is 0.273. The van der Waals surface area contributed by atoms with Gasteiger partial charge in [-0.25, -0.2) is 12.7 Å². The maximum atomic E-state index is 12.0. The van der Waals surface area contributed by atoms with E-state index in [1.807, 2.05) is 19.1 Å². The zero-order valence-electron chi connectivity index (χ0n) is 12.1. The Labute approximate surface area is 122 Å². The fourth-order valence-corrected chi connectivity index (χ4v) is 4.31. The Morgan fingerprint density at radius 1 is 1.20 bits per heavy atom. The SMILES string of the molecule is CCCS(=O)(=O)N1CCC(Cc2ccc(N)cc2)CC1. The van der Waals surface area contributed by atoms with Crippen molar-refractivity contribution in [2.45, 2.75) is 32.6 Å². The number of rotatable bonds is 5. The molecule has 1 fully saturated rings. The van der Waals surface area contributed by atoms with Crippen molar-refractivity contribution in [2.75, 3.05) is 24.6 Å². The van der Waals surface area contributed by atoms with Gasteiger partial charge in [0.15, 0.2) is 0 Å². The second-order valence-corrected chi connectivity index (χ2v) is 7.69. The molecule has 4 nitrogen and oxygen atoms in total. The quantitative estimate of drug-likeness (QED) is 0.848. The lowest BCUT2D eigenvalue weighted by Gasteiger charge is -2.31. The molecule has 0 bridgehead atoms. The summed E-state index contributed by atoms with van der Waals surface area (Å²) < 4.78 is 25.7. The van der Waals surface area contributed by atoms with Crippen LogP contribution in [0.5, 0.6) is 0 Å². The van der Waals surface area contributed by atoms with Gasteiger partial charge in [0.05, 0.1) is 5.75 Å². The Morgan fingerprint density at radius 3 is 2.35 bits per heavy atom. The van der Waals surface area contributed by atoms with Crippen LogP contribution in [0.4, 0.5) is 5.69 Å². The summed E-state index contributed by atoms with van der Waals surface area (Å²) in [6.07, 6.45) is 3.61. The summed E-state index contributed by atoms with van der Waals surface area (Å²) in [5.74, 6) is 0.849. The maximum Gasteiger partial charge on any atom is 0.214 e. The van der Waals surface area contributed by atoms with Crippen LogP contribution in [0.15, 0.2) is 24.3 Å². The van der Waals surface area contributed by atoms with E-state index in [4.69, 9.17) is 5.73 Å². The molecule has 0 amide bonds. The second-order valence-electron chi connectivity index (χ2n) is 5.60. The highest BCUT2D eigenvalue weighted by molar-refractivity contribution is 7.89. The van der Waals surface area contributed by atoms with Crippen molar-refractivity contribution >= 4 is 15.7 Å². The van der Waals surface area contributed by atoms with Gasteiger partial charge in [-0.1, -0.05) is 19.1 Å². The molecule has 0 radical (unpaired) electrons. The Morgan fingerprint density at radius 2 is 1.80 bits per heavy atom. The summed E-state index contributed by atoms with van der Waals surface area (Å²) >= 11 is 0. The lowest BCUT2D eigenvalue weighted by atomic mass is 9.91. The van der Waals surface area contributed by atoms with Gasteiger partial charge in [-0.2, -0.15) is 0 Å². The van der Waals surface area contributed by atoms with Crippen LogP contribution in [0.1, 0.15) is 31.7 Å². The molecule has 1 aromatic rings. The third-order valence-corrected chi connectivity index (χ3v) is 6.01. The first-order valence-corrected chi connectivity index (χ1v) is 8.94. The van der Waals surface area contributed by atoms with Gasteiger partial charge >= 0.3 is 0 Å². The van der Waals surface area contributed by atoms with Crippen LogP contribution in [-0.4, -0.2) is 31.6 Å². The van der Waals surface area contributed by atoms with Crippen LogP contribution in [0.2, 0.25) is 0 Å². The summed E-state index contributed by atoms with van der Waals surface area (Å²) in [5.41, 5.74) is 7.75. The van der Waals surface area contributed by atoms with Crippen molar-refractivity contribution in [3.05, 3.63) is 29.8 Å². The van der Waals surface area contributed by atoms with Crippen LogP contribution in [0.25, 0.3) is 0 Å². The number of nitrogen functional groups attached to an aromatic ring is 1. The fraction of sp³-hybridized carbons (Fsp3) is 0.600. The van der Waals surface area contributed by atoms with Gasteiger partial charge in [0.25, 0.3) is 0 Å². The van der Waals surface area contributed by atoms with Crippen molar-refractivity contribution in [1.82, 2.24) is 4.31 Å². The number of hydrogen-bond donors (Lipinski definition) is 1. The van der Waals surface area contributed by atoms with Crippen LogP contribution >= 0.6 is 0 Å². The fourth-order valence-electron chi connectivity index (χ4n) is 2.77. The summed E-state index contributed by atoms with van der Waals surface area (Å²) in [6, 6.07) is 7.98. The number of sulfonamides is 1. The molecule has 112 valence electrons. The second kappa shape index (κ2) is 6.59. The Balaban J connectivity index is 1.87. The molecule has 0 aliphatic carbocycles. The number of nitrogens with zero attached hydrogens (tertiary/aromatic N) is 1. The molecule has 20 heavy (non-hydrogen) atoms. The van der Waals surface area contributed by atoms with Gasteiger partial charge < -0.3 is 5.73 Å². The highest BCUT2D eigenvalue weighted by atomic mass is 32.2. The van der Waals surface area contributed by atoms with Crippen LogP contribution in [0, 0.1) is 5.92 Å². The molecule has 1 saturated heterocycles. The minimum atomic E-state index is -3.02. The van der Waals surface area contributed by atoms with E-state index in [1.165, 1.54) is 5.56 Å². The topological polar surface area (TPSA) is 63.4 Å². The molecule has 1 aliphatic rings. The number of nitrogens with two attached hydrogens (primary N) is 1. The van der Waals surface area contributed by atoms with Crippen molar-refractivity contribution in [3.8, 4) is 0 Å². The highest BCUT2D eigenvalue weighted by Gasteiger charge is 2.27. The summed E-state index contributed by atoms with van der Waals surface area (Å²) in [6.45, 7) is 3.25. The smallest absolute Gasteiger partial charge is 0.214 e. The van der Waals surface area contributed by atoms with E-state index >= 15 is 0 Å². The highest BCUT2D eigenvalue weighted by Crippen LogP contribution is 2.24. The number of anilines is 1.